The summed E-state index contributed by atoms with van der Waals surface area (Å²) in [5.74, 6) is 0. The normalized spacial score (nSPS) is 15.0. The zero-order valence-corrected chi connectivity index (χ0v) is 23.4. The number of hydrogen-bond donors (Lipinski definition) is 0. The van der Waals surface area contributed by atoms with E-state index in [4.69, 9.17) is 0 Å². The van der Waals surface area contributed by atoms with E-state index in [1.807, 2.05) is 0 Å². The summed E-state index contributed by atoms with van der Waals surface area (Å²) in [6, 6.07) is 43.4. The van der Waals surface area contributed by atoms with Gasteiger partial charge in [-0.25, -0.2) is 0 Å². The van der Waals surface area contributed by atoms with Gasteiger partial charge >= 0.3 is 0 Å². The summed E-state index contributed by atoms with van der Waals surface area (Å²) < 4.78 is 5.07. The van der Waals surface area contributed by atoms with Gasteiger partial charge in [-0.05, 0) is 46.3 Å². The van der Waals surface area contributed by atoms with Crippen molar-refractivity contribution in [3.8, 4) is 5.69 Å². The maximum atomic E-state index is 2.61. The second-order valence-corrected chi connectivity index (χ2v) is 12.9. The minimum atomic E-state index is -0.173. The van der Waals surface area contributed by atoms with Crippen molar-refractivity contribution in [3.05, 3.63) is 126 Å². The smallest absolute Gasteiger partial charge is 0.247 e. The van der Waals surface area contributed by atoms with Crippen LogP contribution in [-0.4, -0.2) is 15.7 Å². The van der Waals surface area contributed by atoms with E-state index >= 15 is 0 Å². The number of benzene rings is 6. The molecule has 0 spiro atoms. The van der Waals surface area contributed by atoms with E-state index in [1.54, 1.807) is 0 Å². The van der Waals surface area contributed by atoms with Crippen LogP contribution in [-0.2, 0) is 5.41 Å². The van der Waals surface area contributed by atoms with Gasteiger partial charge in [0.2, 0.25) is 6.71 Å². The number of para-hydroxylation sites is 4. The Morgan fingerprint density at radius 3 is 2.05 bits per heavy atom. The molecular weight excluding hydrogens is 507 g/mol. The van der Waals surface area contributed by atoms with Crippen LogP contribution in [0.1, 0.15) is 25.0 Å². The number of rotatable bonds is 1. The Hall–Kier alpha value is -5.02. The maximum Gasteiger partial charge on any atom is 0.247 e. The fourth-order valence-electron chi connectivity index (χ4n) is 9.18. The highest BCUT2D eigenvalue weighted by Gasteiger charge is 2.46. The van der Waals surface area contributed by atoms with E-state index in [1.165, 1.54) is 93.1 Å². The van der Waals surface area contributed by atoms with Gasteiger partial charge in [0.15, 0.2) is 0 Å². The minimum Gasteiger partial charge on any atom is -0.309 e. The van der Waals surface area contributed by atoms with Crippen molar-refractivity contribution < 1.29 is 0 Å². The summed E-state index contributed by atoms with van der Waals surface area (Å²) in [4.78, 5) is 0. The van der Waals surface area contributed by atoms with Gasteiger partial charge in [-0.1, -0.05) is 110 Å². The van der Waals surface area contributed by atoms with Crippen LogP contribution in [0.2, 0.25) is 0 Å². The van der Waals surface area contributed by atoms with Crippen LogP contribution in [0.4, 0.5) is 0 Å². The molecule has 0 radical (unpaired) electrons. The summed E-state index contributed by atoms with van der Waals surface area (Å²) >= 11 is 0. The van der Waals surface area contributed by atoms with Gasteiger partial charge in [-0.2, -0.15) is 0 Å². The predicted octanol–water partition coefficient (Wildman–Crippen LogP) is 7.40. The Balaban J connectivity index is 1.37. The molecule has 5 heterocycles. The van der Waals surface area contributed by atoms with Crippen molar-refractivity contribution in [3.63, 3.8) is 0 Å². The Kier molecular flexibility index (Phi) is 3.56. The summed E-state index contributed by atoms with van der Waals surface area (Å²) in [6.07, 6.45) is 0. The van der Waals surface area contributed by atoms with E-state index < -0.39 is 0 Å². The van der Waals surface area contributed by atoms with Crippen LogP contribution in [0.3, 0.4) is 0 Å². The first-order valence-electron chi connectivity index (χ1n) is 15.0. The third kappa shape index (κ3) is 2.19. The lowest BCUT2D eigenvalue weighted by molar-refractivity contribution is 0.653. The first-order chi connectivity index (χ1) is 20.6. The van der Waals surface area contributed by atoms with Crippen LogP contribution in [0.15, 0.2) is 115 Å². The molecule has 194 valence electrons. The van der Waals surface area contributed by atoms with Crippen LogP contribution >= 0.6 is 0 Å². The molecule has 2 nitrogen and oxygen atoms in total. The molecule has 0 unspecified atom stereocenters. The zero-order valence-electron chi connectivity index (χ0n) is 23.4. The topological polar surface area (TPSA) is 9.34 Å². The molecular formula is C39H25BN2. The molecule has 2 aliphatic heterocycles. The largest absolute Gasteiger partial charge is 0.309 e. The van der Waals surface area contributed by atoms with E-state index in [0.29, 0.717) is 0 Å². The molecule has 0 saturated heterocycles. The summed E-state index contributed by atoms with van der Waals surface area (Å²) in [5.41, 5.74) is 15.1. The van der Waals surface area contributed by atoms with E-state index in [-0.39, 0.29) is 12.1 Å². The average Bonchev–Trinajstić information content (AvgIpc) is 3.67. The van der Waals surface area contributed by atoms with Crippen molar-refractivity contribution in [1.82, 2.24) is 8.97 Å². The van der Waals surface area contributed by atoms with Crippen LogP contribution in [0.5, 0.6) is 0 Å². The molecule has 0 N–H and O–H groups in total. The minimum absolute atomic E-state index is 0.173. The van der Waals surface area contributed by atoms with Crippen molar-refractivity contribution in [1.29, 1.82) is 0 Å². The Labute approximate surface area is 242 Å². The first-order valence-corrected chi connectivity index (χ1v) is 15.0. The van der Waals surface area contributed by atoms with Gasteiger partial charge in [0, 0.05) is 54.5 Å². The Morgan fingerprint density at radius 1 is 0.524 bits per heavy atom. The monoisotopic (exact) mass is 532 g/mol. The summed E-state index contributed by atoms with van der Waals surface area (Å²) in [7, 11) is 0. The average molecular weight is 532 g/mol. The Bertz CT molecular complexity index is 2650. The predicted molar refractivity (Wildman–Crippen MR) is 179 cm³/mol. The molecule has 3 heteroatoms. The van der Waals surface area contributed by atoms with Crippen molar-refractivity contribution in [2.45, 2.75) is 19.3 Å². The van der Waals surface area contributed by atoms with E-state index in [9.17, 15) is 0 Å². The molecule has 9 aromatic rings. The van der Waals surface area contributed by atoms with Crippen LogP contribution in [0.25, 0.3) is 65.6 Å². The van der Waals surface area contributed by atoms with Gasteiger partial charge in [0.05, 0.1) is 16.6 Å². The zero-order chi connectivity index (χ0) is 27.5. The molecule has 42 heavy (non-hydrogen) atoms. The molecule has 0 fully saturated rings. The highest BCUT2D eigenvalue weighted by molar-refractivity contribution is 7.00. The van der Waals surface area contributed by atoms with Crippen molar-refractivity contribution in [2.75, 3.05) is 0 Å². The maximum absolute atomic E-state index is 2.61. The molecule has 0 bridgehead atoms. The molecule has 0 amide bonds. The van der Waals surface area contributed by atoms with Crippen LogP contribution < -0.4 is 16.4 Å². The van der Waals surface area contributed by atoms with Gasteiger partial charge < -0.3 is 8.97 Å². The molecule has 0 saturated carbocycles. The third-order valence-electron chi connectivity index (χ3n) is 10.7. The fourth-order valence-corrected chi connectivity index (χ4v) is 9.18. The lowest BCUT2D eigenvalue weighted by Crippen LogP contribution is -2.62. The lowest BCUT2D eigenvalue weighted by atomic mass is 9.30. The lowest BCUT2D eigenvalue weighted by Gasteiger charge is -2.41. The first kappa shape index (κ1) is 21.7. The van der Waals surface area contributed by atoms with Crippen molar-refractivity contribution >= 4 is 83.0 Å². The van der Waals surface area contributed by atoms with Gasteiger partial charge in [-0.15, -0.1) is 0 Å². The second kappa shape index (κ2) is 6.88. The van der Waals surface area contributed by atoms with Crippen molar-refractivity contribution in [2.24, 2.45) is 0 Å². The third-order valence-corrected chi connectivity index (χ3v) is 10.7. The van der Waals surface area contributed by atoms with E-state index in [0.717, 1.165) is 0 Å². The number of aromatic nitrogens is 2. The number of fused-ring (bicyclic) bond motifs is 9. The van der Waals surface area contributed by atoms with Gasteiger partial charge in [0.25, 0.3) is 0 Å². The number of nitrogens with zero attached hydrogens (tertiary/aromatic N) is 2. The second-order valence-electron chi connectivity index (χ2n) is 12.9. The molecule has 0 aliphatic carbocycles. The summed E-state index contributed by atoms with van der Waals surface area (Å²) in [5, 5.41) is 8.22. The Morgan fingerprint density at radius 2 is 1.21 bits per heavy atom. The molecule has 2 aliphatic rings. The number of hydrogen-bond acceptors (Lipinski definition) is 0. The van der Waals surface area contributed by atoms with Crippen LogP contribution in [0, 0.1) is 0 Å². The summed E-state index contributed by atoms with van der Waals surface area (Å²) in [6.45, 7) is 5.12. The molecule has 11 rings (SSSR count). The quantitative estimate of drug-likeness (QED) is 0.195. The standard InChI is InChI=1S/C39H25BN2/c1-39(2)28-19-18-26-24-14-8-13-23-25-15-9-16-30-37(25)42(36(23)24)38(26)35(28)40(30)29-20-21-32-33(34(29)39)27-12-6-7-17-31(27)41(32)22-10-4-3-5-11-22/h3-21H,1-2H3. The highest BCUT2D eigenvalue weighted by atomic mass is 15.0. The highest BCUT2D eigenvalue weighted by Crippen LogP contribution is 2.46. The van der Waals surface area contributed by atoms with E-state index in [2.05, 4.69) is 138 Å². The fraction of sp³-hybridized carbons (Fsp3) is 0.0769. The van der Waals surface area contributed by atoms with Gasteiger partial charge in [-0.3, -0.25) is 0 Å². The van der Waals surface area contributed by atoms with Gasteiger partial charge in [0.1, 0.15) is 0 Å². The molecule has 6 aromatic carbocycles. The molecule has 3 aromatic heterocycles. The molecule has 0 atom stereocenters. The SMILES string of the molecule is CC1(C)c2ccc3c4cccc5c6cccc7c6n(c3c2B7c2ccc3c(c21)c1ccccc1n3-c1ccccc1)c54.